The number of benzene rings is 1. The number of methoxy groups -OCH3 is 1. The number of nitrogens with one attached hydrogen (secondary N) is 1. The average molecular weight is 318 g/mol. The highest BCUT2D eigenvalue weighted by Crippen LogP contribution is 2.26. The van der Waals surface area contributed by atoms with E-state index in [1.165, 1.54) is 13.2 Å². The van der Waals surface area contributed by atoms with Gasteiger partial charge in [-0.15, -0.1) is 0 Å². The lowest BCUT2D eigenvalue weighted by Crippen LogP contribution is -2.32. The van der Waals surface area contributed by atoms with Crippen molar-refractivity contribution in [2.75, 3.05) is 32.2 Å². The molecular weight excluding hydrogens is 300 g/mol. The second-order valence-electron chi connectivity index (χ2n) is 5.51. The topological polar surface area (TPSA) is 84.9 Å². The Kier molecular flexibility index (Phi) is 4.40. The number of carbonyl (C=O) groups excluding carboxylic acids is 3. The van der Waals surface area contributed by atoms with E-state index in [9.17, 15) is 14.4 Å². The number of ether oxygens (including phenoxy) is 2. The van der Waals surface area contributed by atoms with Gasteiger partial charge in [-0.25, -0.2) is 0 Å². The van der Waals surface area contributed by atoms with E-state index in [1.54, 1.807) is 12.1 Å². The third kappa shape index (κ3) is 2.97. The summed E-state index contributed by atoms with van der Waals surface area (Å²) in [5.74, 6) is -0.926. The Hall–Kier alpha value is -2.25. The van der Waals surface area contributed by atoms with Gasteiger partial charge in [-0.2, -0.15) is 0 Å². The molecule has 1 aromatic rings. The molecular formula is C16H18N2O5. The molecule has 1 fully saturated rings. The van der Waals surface area contributed by atoms with Gasteiger partial charge in [-0.05, 0) is 31.0 Å². The lowest BCUT2D eigenvalue weighted by Gasteiger charge is -2.12. The Labute approximate surface area is 133 Å². The quantitative estimate of drug-likeness (QED) is 0.820. The van der Waals surface area contributed by atoms with Gasteiger partial charge in [0.2, 0.25) is 0 Å². The zero-order valence-electron chi connectivity index (χ0n) is 12.8. The zero-order chi connectivity index (χ0) is 16.4. The van der Waals surface area contributed by atoms with E-state index in [4.69, 9.17) is 9.47 Å². The van der Waals surface area contributed by atoms with Gasteiger partial charge in [-0.3, -0.25) is 19.3 Å². The highest BCUT2D eigenvalue weighted by atomic mass is 16.5. The van der Waals surface area contributed by atoms with Crippen LogP contribution in [0, 0.1) is 0 Å². The lowest BCUT2D eigenvalue weighted by molar-refractivity contribution is -0.124. The Bertz CT molecular complexity index is 652. The number of imide groups is 1. The minimum atomic E-state index is -0.446. The molecule has 23 heavy (non-hydrogen) atoms. The lowest BCUT2D eigenvalue weighted by atomic mass is 10.1. The van der Waals surface area contributed by atoms with Crippen LogP contribution in [0.15, 0.2) is 18.2 Å². The summed E-state index contributed by atoms with van der Waals surface area (Å²) in [6, 6.07) is 4.72. The Morgan fingerprint density at radius 2 is 2.13 bits per heavy atom. The number of hydrogen-bond acceptors (Lipinski definition) is 5. The van der Waals surface area contributed by atoms with Crippen molar-refractivity contribution in [1.29, 1.82) is 0 Å². The van der Waals surface area contributed by atoms with Gasteiger partial charge in [0.1, 0.15) is 6.10 Å². The van der Waals surface area contributed by atoms with Gasteiger partial charge in [0.05, 0.1) is 24.3 Å². The summed E-state index contributed by atoms with van der Waals surface area (Å²) in [7, 11) is 1.51. The van der Waals surface area contributed by atoms with Crippen molar-refractivity contribution in [2.24, 2.45) is 0 Å². The molecule has 1 saturated heterocycles. The van der Waals surface area contributed by atoms with Crippen molar-refractivity contribution in [2.45, 2.75) is 18.9 Å². The van der Waals surface area contributed by atoms with E-state index in [1.807, 2.05) is 0 Å². The number of amides is 3. The summed E-state index contributed by atoms with van der Waals surface area (Å²) >= 11 is 0. The van der Waals surface area contributed by atoms with Gasteiger partial charge in [0, 0.05) is 19.4 Å². The van der Waals surface area contributed by atoms with Crippen LogP contribution in [-0.2, 0) is 14.3 Å². The number of carbonyl (C=O) groups is 3. The van der Waals surface area contributed by atoms with Crippen LogP contribution in [0.4, 0.5) is 5.69 Å². The van der Waals surface area contributed by atoms with Crippen molar-refractivity contribution >= 4 is 23.4 Å². The molecule has 1 aromatic carbocycles. The number of hydrogen-bond donors (Lipinski definition) is 1. The molecule has 0 aromatic heterocycles. The number of rotatable bonds is 5. The molecule has 0 bridgehead atoms. The maximum atomic E-state index is 12.3. The first-order valence-corrected chi connectivity index (χ1v) is 7.53. The normalized spacial score (nSPS) is 20.0. The molecule has 0 aliphatic carbocycles. The van der Waals surface area contributed by atoms with Gasteiger partial charge in [0.25, 0.3) is 17.7 Å². The van der Waals surface area contributed by atoms with E-state index in [-0.39, 0.29) is 30.9 Å². The van der Waals surface area contributed by atoms with Crippen LogP contribution in [0.5, 0.6) is 0 Å². The number of anilines is 1. The summed E-state index contributed by atoms with van der Waals surface area (Å²) in [5, 5.41) is 2.74. The third-order valence-corrected chi connectivity index (χ3v) is 3.98. The van der Waals surface area contributed by atoms with E-state index in [0.29, 0.717) is 29.8 Å². The Balaban J connectivity index is 1.76. The summed E-state index contributed by atoms with van der Waals surface area (Å²) in [6.45, 7) is 1.08. The van der Waals surface area contributed by atoms with Crippen molar-refractivity contribution in [3.8, 4) is 0 Å². The zero-order valence-corrected chi connectivity index (χ0v) is 12.8. The van der Waals surface area contributed by atoms with Crippen LogP contribution in [0.2, 0.25) is 0 Å². The molecule has 1 N–H and O–H groups in total. The van der Waals surface area contributed by atoms with Gasteiger partial charge in [-0.1, -0.05) is 0 Å². The molecule has 1 atom stereocenters. The van der Waals surface area contributed by atoms with Crippen LogP contribution in [-0.4, -0.2) is 55.6 Å². The molecule has 7 nitrogen and oxygen atoms in total. The summed E-state index contributed by atoms with van der Waals surface area (Å²) < 4.78 is 10.2. The average Bonchev–Trinajstić information content (AvgIpc) is 3.15. The molecule has 2 aliphatic rings. The number of nitrogens with zero attached hydrogens (tertiary/aromatic N) is 1. The molecule has 1 unspecified atom stereocenters. The Morgan fingerprint density at radius 3 is 2.83 bits per heavy atom. The van der Waals surface area contributed by atoms with Gasteiger partial charge in [0.15, 0.2) is 0 Å². The predicted molar refractivity (Wildman–Crippen MR) is 81.3 cm³/mol. The minimum Gasteiger partial charge on any atom is -0.383 e. The summed E-state index contributed by atoms with van der Waals surface area (Å²) in [5.41, 5.74) is 1.14. The monoisotopic (exact) mass is 318 g/mol. The molecule has 2 aliphatic heterocycles. The van der Waals surface area contributed by atoms with E-state index < -0.39 is 6.10 Å². The first-order chi connectivity index (χ1) is 11.1. The van der Waals surface area contributed by atoms with Crippen molar-refractivity contribution in [1.82, 2.24) is 4.90 Å². The summed E-state index contributed by atoms with van der Waals surface area (Å²) in [6.07, 6.45) is 1.11. The Morgan fingerprint density at radius 1 is 1.35 bits per heavy atom. The fourth-order valence-electron chi connectivity index (χ4n) is 2.76. The molecule has 2 heterocycles. The molecule has 0 saturated carbocycles. The fourth-order valence-corrected chi connectivity index (χ4v) is 2.76. The molecule has 7 heteroatoms. The van der Waals surface area contributed by atoms with Gasteiger partial charge >= 0.3 is 0 Å². The SMILES string of the molecule is COCCN1C(=O)c2ccc(NC(=O)C3CCCO3)cc2C1=O. The van der Waals surface area contributed by atoms with Crippen molar-refractivity contribution in [3.63, 3.8) is 0 Å². The summed E-state index contributed by atoms with van der Waals surface area (Å²) in [4.78, 5) is 37.7. The second kappa shape index (κ2) is 6.47. The maximum Gasteiger partial charge on any atom is 0.261 e. The van der Waals surface area contributed by atoms with Crippen LogP contribution in [0.3, 0.4) is 0 Å². The smallest absolute Gasteiger partial charge is 0.261 e. The molecule has 0 radical (unpaired) electrons. The largest absolute Gasteiger partial charge is 0.383 e. The first kappa shape index (κ1) is 15.6. The highest BCUT2D eigenvalue weighted by Gasteiger charge is 2.35. The predicted octanol–water partition coefficient (Wildman–Crippen LogP) is 1.05. The van der Waals surface area contributed by atoms with E-state index in [0.717, 1.165) is 11.3 Å². The van der Waals surface area contributed by atoms with Crippen LogP contribution in [0.1, 0.15) is 33.6 Å². The van der Waals surface area contributed by atoms with Gasteiger partial charge < -0.3 is 14.8 Å². The maximum absolute atomic E-state index is 12.3. The third-order valence-electron chi connectivity index (χ3n) is 3.98. The van der Waals surface area contributed by atoms with Crippen LogP contribution < -0.4 is 5.32 Å². The van der Waals surface area contributed by atoms with Crippen molar-refractivity contribution in [3.05, 3.63) is 29.3 Å². The molecule has 3 amide bonds. The number of fused-ring (bicyclic) bond motifs is 1. The molecule has 0 spiro atoms. The molecule has 3 rings (SSSR count). The van der Waals surface area contributed by atoms with E-state index in [2.05, 4.69) is 5.32 Å². The standard InChI is InChI=1S/C16H18N2O5/c1-22-8-6-18-15(20)11-5-4-10(9-12(11)16(18)21)17-14(19)13-3-2-7-23-13/h4-5,9,13H,2-3,6-8H2,1H3,(H,17,19). The second-order valence-corrected chi connectivity index (χ2v) is 5.51. The highest BCUT2D eigenvalue weighted by molar-refractivity contribution is 6.21. The first-order valence-electron chi connectivity index (χ1n) is 7.53. The fraction of sp³-hybridized carbons (Fsp3) is 0.438. The molecule has 122 valence electrons. The van der Waals surface area contributed by atoms with E-state index >= 15 is 0 Å². The minimum absolute atomic E-state index is 0.209. The van der Waals surface area contributed by atoms with Crippen molar-refractivity contribution < 1.29 is 23.9 Å². The van der Waals surface area contributed by atoms with Crippen LogP contribution >= 0.6 is 0 Å². The van der Waals surface area contributed by atoms with Crippen LogP contribution in [0.25, 0.3) is 0 Å².